The molecule has 0 saturated carbocycles. The Labute approximate surface area is 163 Å². The number of amides is 1. The fourth-order valence-electron chi connectivity index (χ4n) is 3.62. The number of hydrogen-bond acceptors (Lipinski definition) is 4. The molecule has 1 aromatic heterocycles. The molecule has 3 rings (SSSR count). The Morgan fingerprint density at radius 3 is 2.78 bits per heavy atom. The van der Waals surface area contributed by atoms with Crippen molar-refractivity contribution < 1.29 is 9.18 Å². The monoisotopic (exact) mass is 385 g/mol. The zero-order chi connectivity index (χ0) is 19.4. The zero-order valence-electron chi connectivity index (χ0n) is 15.7. The molecule has 142 valence electrons. The van der Waals surface area contributed by atoms with E-state index in [0.29, 0.717) is 23.5 Å². The van der Waals surface area contributed by atoms with Crippen molar-refractivity contribution in [3.05, 3.63) is 51.7 Å². The van der Waals surface area contributed by atoms with E-state index >= 15 is 0 Å². The van der Waals surface area contributed by atoms with Crippen LogP contribution in [0.3, 0.4) is 0 Å². The fraction of sp³-hybridized carbons (Fsp3) is 0.429. The van der Waals surface area contributed by atoms with E-state index in [4.69, 9.17) is 0 Å². The summed E-state index contributed by atoms with van der Waals surface area (Å²) in [6.45, 7) is 5.51. The summed E-state index contributed by atoms with van der Waals surface area (Å²) in [7, 11) is 0. The van der Waals surface area contributed by atoms with Crippen molar-refractivity contribution in [3.8, 4) is 6.07 Å². The molecule has 1 heterocycles. The second-order valence-corrected chi connectivity index (χ2v) is 7.93. The molecule has 1 aliphatic carbocycles. The highest BCUT2D eigenvalue weighted by Crippen LogP contribution is 2.38. The van der Waals surface area contributed by atoms with Gasteiger partial charge in [-0.25, -0.2) is 4.39 Å². The molecule has 0 fully saturated rings. The normalized spacial score (nSPS) is 14.0. The van der Waals surface area contributed by atoms with Gasteiger partial charge >= 0.3 is 0 Å². The van der Waals surface area contributed by atoms with E-state index in [1.54, 1.807) is 23.5 Å². The van der Waals surface area contributed by atoms with Gasteiger partial charge < -0.3 is 5.32 Å². The lowest BCUT2D eigenvalue weighted by molar-refractivity contribution is -0.116. The smallest absolute Gasteiger partial charge is 0.226 e. The second kappa shape index (κ2) is 8.64. The van der Waals surface area contributed by atoms with Crippen LogP contribution in [0.25, 0.3) is 0 Å². The number of fused-ring (bicyclic) bond motifs is 1. The molecular weight excluding hydrogens is 361 g/mol. The molecule has 1 unspecified atom stereocenters. The third-order valence-corrected chi connectivity index (χ3v) is 6.43. The Morgan fingerprint density at radius 2 is 2.11 bits per heavy atom. The van der Waals surface area contributed by atoms with Crippen LogP contribution in [0.1, 0.15) is 54.3 Å². The van der Waals surface area contributed by atoms with Crippen molar-refractivity contribution in [3.63, 3.8) is 0 Å². The molecule has 6 heteroatoms. The number of hydrogen-bond donors (Lipinski definition) is 1. The molecule has 0 aliphatic heterocycles. The summed E-state index contributed by atoms with van der Waals surface area (Å²) in [4.78, 5) is 15.9. The number of rotatable bonds is 7. The van der Waals surface area contributed by atoms with Crippen LogP contribution in [0.5, 0.6) is 0 Å². The molecule has 2 aromatic rings. The van der Waals surface area contributed by atoms with E-state index in [1.807, 2.05) is 0 Å². The predicted molar refractivity (Wildman–Crippen MR) is 106 cm³/mol. The van der Waals surface area contributed by atoms with Gasteiger partial charge in [0.2, 0.25) is 5.91 Å². The number of benzene rings is 1. The van der Waals surface area contributed by atoms with E-state index < -0.39 is 0 Å². The van der Waals surface area contributed by atoms with Gasteiger partial charge in [-0.1, -0.05) is 19.1 Å². The summed E-state index contributed by atoms with van der Waals surface area (Å²) in [6.07, 6.45) is 3.39. The Hall–Kier alpha value is -2.23. The average Bonchev–Trinajstić information content (AvgIpc) is 3.23. The van der Waals surface area contributed by atoms with Crippen LogP contribution in [-0.2, 0) is 17.6 Å². The van der Waals surface area contributed by atoms with Gasteiger partial charge in [0.15, 0.2) is 0 Å². The maximum Gasteiger partial charge on any atom is 0.226 e. The summed E-state index contributed by atoms with van der Waals surface area (Å²) in [6, 6.07) is 8.86. The Kier molecular flexibility index (Phi) is 6.25. The summed E-state index contributed by atoms with van der Waals surface area (Å²) in [5.41, 5.74) is 2.80. The second-order valence-electron chi connectivity index (χ2n) is 6.83. The number of anilines is 1. The molecule has 27 heavy (non-hydrogen) atoms. The van der Waals surface area contributed by atoms with Crippen LogP contribution in [0, 0.1) is 17.1 Å². The van der Waals surface area contributed by atoms with Crippen molar-refractivity contribution in [2.75, 3.05) is 18.4 Å². The minimum atomic E-state index is -0.246. The third-order valence-electron chi connectivity index (χ3n) is 5.22. The first-order valence-corrected chi connectivity index (χ1v) is 10.2. The van der Waals surface area contributed by atoms with Crippen LogP contribution in [0.4, 0.5) is 9.39 Å². The van der Waals surface area contributed by atoms with E-state index in [1.165, 1.54) is 17.0 Å². The number of halogens is 1. The molecule has 1 atom stereocenters. The van der Waals surface area contributed by atoms with Crippen molar-refractivity contribution in [1.29, 1.82) is 5.26 Å². The topological polar surface area (TPSA) is 56.1 Å². The minimum Gasteiger partial charge on any atom is -0.317 e. The Balaban J connectivity index is 1.59. The molecule has 4 nitrogen and oxygen atoms in total. The Bertz CT molecular complexity index is 854. The molecular formula is C21H24FN3OS. The van der Waals surface area contributed by atoms with Crippen LogP contribution in [-0.4, -0.2) is 23.9 Å². The largest absolute Gasteiger partial charge is 0.317 e. The third kappa shape index (κ3) is 4.37. The van der Waals surface area contributed by atoms with Gasteiger partial charge in [0, 0.05) is 23.9 Å². The predicted octanol–water partition coefficient (Wildman–Crippen LogP) is 4.66. The first kappa shape index (κ1) is 19.5. The number of nitriles is 1. The summed E-state index contributed by atoms with van der Waals surface area (Å²) < 4.78 is 13.1. The lowest BCUT2D eigenvalue weighted by atomic mass is 10.1. The first-order chi connectivity index (χ1) is 13.0. The van der Waals surface area contributed by atoms with Gasteiger partial charge in [-0.2, -0.15) is 5.26 Å². The molecule has 1 aliphatic rings. The SMILES string of the molecule is CCN(CCC(=O)Nc1sc2c(c1C#N)CCC2)C(C)c1ccc(F)cc1. The van der Waals surface area contributed by atoms with Crippen LogP contribution in [0.15, 0.2) is 24.3 Å². The summed E-state index contributed by atoms with van der Waals surface area (Å²) in [5, 5.41) is 13.1. The molecule has 0 radical (unpaired) electrons. The van der Waals surface area contributed by atoms with E-state index in [0.717, 1.165) is 36.9 Å². The maximum absolute atomic E-state index is 13.1. The maximum atomic E-state index is 13.1. The molecule has 0 saturated heterocycles. The van der Waals surface area contributed by atoms with Gasteiger partial charge in [0.05, 0.1) is 5.56 Å². The molecule has 1 N–H and O–H groups in total. The molecule has 1 amide bonds. The number of nitrogens with zero attached hydrogens (tertiary/aromatic N) is 2. The fourth-order valence-corrected chi connectivity index (χ4v) is 4.88. The average molecular weight is 386 g/mol. The number of carbonyl (C=O) groups excluding carboxylic acids is 1. The number of nitrogens with one attached hydrogen (secondary N) is 1. The van der Waals surface area contributed by atoms with Crippen LogP contribution < -0.4 is 5.32 Å². The highest BCUT2D eigenvalue weighted by Gasteiger charge is 2.23. The molecule has 0 spiro atoms. The lowest BCUT2D eigenvalue weighted by Crippen LogP contribution is -2.30. The van der Waals surface area contributed by atoms with Gasteiger partial charge in [0.25, 0.3) is 0 Å². The van der Waals surface area contributed by atoms with Crippen LogP contribution >= 0.6 is 11.3 Å². The highest BCUT2D eigenvalue weighted by molar-refractivity contribution is 7.16. The number of carbonyl (C=O) groups is 1. The molecule has 0 bridgehead atoms. The van der Waals surface area contributed by atoms with Crippen molar-refractivity contribution in [2.24, 2.45) is 0 Å². The number of aryl methyl sites for hydroxylation is 1. The quantitative estimate of drug-likeness (QED) is 0.754. The highest BCUT2D eigenvalue weighted by atomic mass is 32.1. The summed E-state index contributed by atoms with van der Waals surface area (Å²) in [5.74, 6) is -0.319. The van der Waals surface area contributed by atoms with E-state index in [9.17, 15) is 14.4 Å². The van der Waals surface area contributed by atoms with Gasteiger partial charge in [-0.3, -0.25) is 9.69 Å². The van der Waals surface area contributed by atoms with Crippen molar-refractivity contribution >= 4 is 22.2 Å². The van der Waals surface area contributed by atoms with Crippen molar-refractivity contribution in [1.82, 2.24) is 4.90 Å². The van der Waals surface area contributed by atoms with Crippen molar-refractivity contribution in [2.45, 2.75) is 45.6 Å². The standard InChI is InChI=1S/C21H24FN3OS/c1-3-25(14(2)15-7-9-16(22)10-8-15)12-11-20(26)24-21-18(13-23)17-5-4-6-19(17)27-21/h7-10,14H,3-6,11-12H2,1-2H3,(H,24,26). The summed E-state index contributed by atoms with van der Waals surface area (Å²) >= 11 is 1.54. The Morgan fingerprint density at radius 1 is 1.37 bits per heavy atom. The first-order valence-electron chi connectivity index (χ1n) is 9.37. The lowest BCUT2D eigenvalue weighted by Gasteiger charge is -2.28. The van der Waals surface area contributed by atoms with E-state index in [2.05, 4.69) is 30.1 Å². The van der Waals surface area contributed by atoms with Gasteiger partial charge in [0.1, 0.15) is 16.9 Å². The van der Waals surface area contributed by atoms with Gasteiger partial charge in [-0.15, -0.1) is 11.3 Å². The van der Waals surface area contributed by atoms with Crippen LogP contribution in [0.2, 0.25) is 0 Å². The molecule has 1 aromatic carbocycles. The minimum absolute atomic E-state index is 0.0730. The van der Waals surface area contributed by atoms with E-state index in [-0.39, 0.29) is 17.8 Å². The zero-order valence-corrected chi connectivity index (χ0v) is 16.5. The number of thiophene rings is 1. The van der Waals surface area contributed by atoms with Gasteiger partial charge in [-0.05, 0) is 56.0 Å².